The molecule has 0 aliphatic carbocycles. The van der Waals surface area contributed by atoms with Crippen LogP contribution in [0.4, 0.5) is 10.5 Å². The van der Waals surface area contributed by atoms with Gasteiger partial charge in [0.1, 0.15) is 12.2 Å². The Hall–Kier alpha value is -4.91. The molecule has 5 rings (SSSR count). The number of nitrogens with zero attached hydrogens (tertiary/aromatic N) is 1. The lowest BCUT2D eigenvalue weighted by molar-refractivity contribution is -0.122. The number of rotatable bonds is 6. The molecule has 1 fully saturated rings. The molecule has 0 aromatic heterocycles. The number of hydrogen-bond acceptors (Lipinski definition) is 5. The van der Waals surface area contributed by atoms with Gasteiger partial charge in [-0.25, -0.2) is 9.69 Å². The zero-order valence-electron chi connectivity index (χ0n) is 21.3. The minimum absolute atomic E-state index is 0.157. The Morgan fingerprint density at radius 2 is 1.55 bits per heavy atom. The number of imide groups is 2. The van der Waals surface area contributed by atoms with Gasteiger partial charge in [0.2, 0.25) is 0 Å². The molecule has 1 heterocycles. The molecule has 1 saturated heterocycles. The first-order chi connectivity index (χ1) is 18.3. The Kier molecular flexibility index (Phi) is 6.66. The average molecular weight is 507 g/mol. The fraction of sp³-hybridized carbons (Fsp3) is 0.129. The summed E-state index contributed by atoms with van der Waals surface area (Å²) in [5.41, 5.74) is 3.60. The van der Waals surface area contributed by atoms with Gasteiger partial charge in [0.15, 0.2) is 11.5 Å². The maximum Gasteiger partial charge on any atom is 0.335 e. The molecule has 4 aromatic rings. The molecule has 0 spiro atoms. The normalized spacial score (nSPS) is 14.7. The number of amides is 4. The smallest absolute Gasteiger partial charge is 0.335 e. The summed E-state index contributed by atoms with van der Waals surface area (Å²) in [6.45, 7) is 4.09. The van der Waals surface area contributed by atoms with Crippen molar-refractivity contribution in [3.05, 3.63) is 107 Å². The molecule has 7 nitrogen and oxygen atoms in total. The number of anilines is 1. The van der Waals surface area contributed by atoms with Crippen LogP contribution < -0.4 is 19.7 Å². The van der Waals surface area contributed by atoms with Crippen LogP contribution in [-0.2, 0) is 16.2 Å². The molecule has 0 saturated carbocycles. The molecule has 1 aliphatic rings. The Balaban J connectivity index is 1.39. The molecule has 4 aromatic carbocycles. The highest BCUT2D eigenvalue weighted by molar-refractivity contribution is 6.39. The number of urea groups is 1. The Bertz CT molecular complexity index is 1600. The van der Waals surface area contributed by atoms with E-state index in [1.54, 1.807) is 30.3 Å². The quantitative estimate of drug-likeness (QED) is 0.267. The lowest BCUT2D eigenvalue weighted by atomic mass is 10.0. The number of hydrogen-bond donors (Lipinski definition) is 1. The Morgan fingerprint density at radius 1 is 0.816 bits per heavy atom. The Morgan fingerprint density at radius 3 is 2.29 bits per heavy atom. The summed E-state index contributed by atoms with van der Waals surface area (Å²) in [4.78, 5) is 39.4. The van der Waals surface area contributed by atoms with Crippen LogP contribution in [0.25, 0.3) is 16.8 Å². The molecule has 0 radical (unpaired) electrons. The zero-order valence-corrected chi connectivity index (χ0v) is 21.3. The second kappa shape index (κ2) is 10.2. The van der Waals surface area contributed by atoms with Gasteiger partial charge in [-0.2, -0.15) is 0 Å². The zero-order chi connectivity index (χ0) is 26.8. The second-order valence-corrected chi connectivity index (χ2v) is 9.18. The SMILES string of the molecule is COc1cc(/C=C2\C(=O)NC(=O)N(c3cc(C)cc(C)c3)C2=O)ccc1OCc1ccc2ccccc2c1. The van der Waals surface area contributed by atoms with Crippen molar-refractivity contribution in [2.45, 2.75) is 20.5 Å². The lowest BCUT2D eigenvalue weighted by Gasteiger charge is -2.27. The van der Waals surface area contributed by atoms with Gasteiger partial charge in [-0.1, -0.05) is 48.5 Å². The number of barbiturate groups is 1. The van der Waals surface area contributed by atoms with Crippen molar-refractivity contribution in [1.29, 1.82) is 0 Å². The lowest BCUT2D eigenvalue weighted by Crippen LogP contribution is -2.54. The average Bonchev–Trinajstić information content (AvgIpc) is 2.89. The van der Waals surface area contributed by atoms with E-state index in [4.69, 9.17) is 9.47 Å². The Labute approximate surface area is 220 Å². The molecular formula is C31H26N2O5. The summed E-state index contributed by atoms with van der Waals surface area (Å²) in [5.74, 6) is -0.476. The van der Waals surface area contributed by atoms with E-state index in [1.807, 2.05) is 38.1 Å². The number of ether oxygens (including phenoxy) is 2. The molecule has 38 heavy (non-hydrogen) atoms. The van der Waals surface area contributed by atoms with Crippen LogP contribution in [-0.4, -0.2) is 25.0 Å². The first-order valence-corrected chi connectivity index (χ1v) is 12.1. The molecule has 0 bridgehead atoms. The minimum Gasteiger partial charge on any atom is -0.493 e. The third-order valence-electron chi connectivity index (χ3n) is 6.27. The predicted molar refractivity (Wildman–Crippen MR) is 146 cm³/mol. The summed E-state index contributed by atoms with van der Waals surface area (Å²) >= 11 is 0. The van der Waals surface area contributed by atoms with Gasteiger partial charge in [-0.3, -0.25) is 14.9 Å². The van der Waals surface area contributed by atoms with E-state index < -0.39 is 17.8 Å². The van der Waals surface area contributed by atoms with Gasteiger partial charge in [0, 0.05) is 0 Å². The van der Waals surface area contributed by atoms with Crippen molar-refractivity contribution in [3.8, 4) is 11.5 Å². The van der Waals surface area contributed by atoms with Gasteiger partial charge >= 0.3 is 6.03 Å². The standard InChI is InChI=1S/C31H26N2O5/c1-19-12-20(2)14-25(13-19)33-30(35)26(29(34)32-31(33)36)16-21-9-11-27(28(17-21)37-3)38-18-22-8-10-23-6-4-5-7-24(23)15-22/h4-17H,18H2,1-3H3,(H,32,34,36)/b26-16+. The predicted octanol–water partition coefficient (Wildman–Crippen LogP) is 5.71. The number of carbonyl (C=O) groups excluding carboxylic acids is 3. The number of aryl methyl sites for hydroxylation is 2. The monoisotopic (exact) mass is 506 g/mol. The highest BCUT2D eigenvalue weighted by Gasteiger charge is 2.37. The summed E-state index contributed by atoms with van der Waals surface area (Å²) in [7, 11) is 1.52. The van der Waals surface area contributed by atoms with Crippen LogP contribution in [0.3, 0.4) is 0 Å². The summed E-state index contributed by atoms with van der Waals surface area (Å²) < 4.78 is 11.5. The molecule has 0 atom stereocenters. The third-order valence-corrected chi connectivity index (χ3v) is 6.27. The molecule has 4 amide bonds. The van der Waals surface area contributed by atoms with Gasteiger partial charge < -0.3 is 9.47 Å². The second-order valence-electron chi connectivity index (χ2n) is 9.18. The fourth-order valence-electron chi connectivity index (χ4n) is 4.52. The van der Waals surface area contributed by atoms with E-state index in [0.717, 1.165) is 32.4 Å². The minimum atomic E-state index is -0.780. The van der Waals surface area contributed by atoms with Crippen LogP contribution >= 0.6 is 0 Å². The molecule has 7 heteroatoms. The van der Waals surface area contributed by atoms with Crippen molar-refractivity contribution in [3.63, 3.8) is 0 Å². The highest BCUT2D eigenvalue weighted by atomic mass is 16.5. The van der Waals surface area contributed by atoms with Crippen molar-refractivity contribution < 1.29 is 23.9 Å². The third kappa shape index (κ3) is 4.99. The molecule has 1 N–H and O–H groups in total. The number of nitrogens with one attached hydrogen (secondary N) is 1. The van der Waals surface area contributed by atoms with E-state index in [1.165, 1.54) is 13.2 Å². The molecule has 190 valence electrons. The van der Waals surface area contributed by atoms with Crippen molar-refractivity contribution in [2.75, 3.05) is 12.0 Å². The van der Waals surface area contributed by atoms with E-state index in [2.05, 4.69) is 29.6 Å². The first-order valence-electron chi connectivity index (χ1n) is 12.1. The van der Waals surface area contributed by atoms with Crippen LogP contribution in [0.2, 0.25) is 0 Å². The number of methoxy groups -OCH3 is 1. The van der Waals surface area contributed by atoms with Crippen LogP contribution in [0.1, 0.15) is 22.3 Å². The van der Waals surface area contributed by atoms with Gasteiger partial charge in [0.05, 0.1) is 12.8 Å². The largest absolute Gasteiger partial charge is 0.493 e. The van der Waals surface area contributed by atoms with Gasteiger partial charge in [0.25, 0.3) is 11.8 Å². The fourth-order valence-corrected chi connectivity index (χ4v) is 4.52. The van der Waals surface area contributed by atoms with Crippen LogP contribution in [0.15, 0.2) is 84.4 Å². The number of carbonyl (C=O) groups is 3. The van der Waals surface area contributed by atoms with Crippen LogP contribution in [0.5, 0.6) is 11.5 Å². The summed E-state index contributed by atoms with van der Waals surface area (Å²) in [6.07, 6.45) is 1.44. The number of benzene rings is 4. The first kappa shape index (κ1) is 24.8. The highest BCUT2D eigenvalue weighted by Crippen LogP contribution is 2.31. The molecule has 0 unspecified atom stereocenters. The van der Waals surface area contributed by atoms with Crippen molar-refractivity contribution in [1.82, 2.24) is 5.32 Å². The summed E-state index contributed by atoms with van der Waals surface area (Å²) in [5, 5.41) is 4.55. The van der Waals surface area contributed by atoms with Crippen LogP contribution in [0, 0.1) is 13.8 Å². The summed E-state index contributed by atoms with van der Waals surface area (Å²) in [6, 6.07) is 24.0. The van der Waals surface area contributed by atoms with E-state index >= 15 is 0 Å². The maximum absolute atomic E-state index is 13.3. The van der Waals surface area contributed by atoms with Gasteiger partial charge in [-0.05, 0) is 83.3 Å². The van der Waals surface area contributed by atoms with E-state index in [9.17, 15) is 14.4 Å². The molecule has 1 aliphatic heterocycles. The van der Waals surface area contributed by atoms with Crippen molar-refractivity contribution in [2.24, 2.45) is 0 Å². The maximum atomic E-state index is 13.3. The van der Waals surface area contributed by atoms with E-state index in [0.29, 0.717) is 29.4 Å². The van der Waals surface area contributed by atoms with Crippen molar-refractivity contribution >= 4 is 40.4 Å². The molecular weight excluding hydrogens is 480 g/mol. The van der Waals surface area contributed by atoms with E-state index in [-0.39, 0.29) is 5.57 Å². The van der Waals surface area contributed by atoms with Gasteiger partial charge in [-0.15, -0.1) is 0 Å². The number of fused-ring (bicyclic) bond motifs is 1. The topological polar surface area (TPSA) is 84.9 Å².